The third kappa shape index (κ3) is 2.50. The van der Waals surface area contributed by atoms with Gasteiger partial charge in [0, 0.05) is 30.4 Å². The van der Waals surface area contributed by atoms with E-state index >= 15 is 0 Å². The molecule has 0 bridgehead atoms. The Balaban J connectivity index is 2.61. The van der Waals surface area contributed by atoms with Crippen molar-refractivity contribution >= 4 is 22.7 Å². The molecule has 0 radical (unpaired) electrons. The zero-order valence-corrected chi connectivity index (χ0v) is 11.3. The van der Waals surface area contributed by atoms with Crippen molar-refractivity contribution in [3.05, 3.63) is 18.0 Å². The average Bonchev–Trinajstić information content (AvgIpc) is 2.37. The number of fused-ring (bicyclic) bond motifs is 1. The first-order valence-corrected chi connectivity index (χ1v) is 6.25. The van der Waals surface area contributed by atoms with Crippen molar-refractivity contribution in [2.75, 3.05) is 17.7 Å². The van der Waals surface area contributed by atoms with Gasteiger partial charge in [-0.15, -0.1) is 0 Å². The normalized spacial score (nSPS) is 10.9. The van der Waals surface area contributed by atoms with E-state index in [9.17, 15) is 0 Å². The van der Waals surface area contributed by atoms with Crippen LogP contribution in [0.2, 0.25) is 0 Å². The molecule has 0 aliphatic rings. The minimum atomic E-state index is 0.320. The molecule has 0 unspecified atom stereocenters. The maximum Gasteiger partial charge on any atom is 0.223 e. The van der Waals surface area contributed by atoms with Crippen LogP contribution in [0.5, 0.6) is 0 Å². The highest BCUT2D eigenvalue weighted by molar-refractivity contribution is 5.88. The molecule has 0 atom stereocenters. The largest absolute Gasteiger partial charge is 0.366 e. The Morgan fingerprint density at radius 1 is 1.28 bits per heavy atom. The van der Waals surface area contributed by atoms with Gasteiger partial charge in [-0.2, -0.15) is 0 Å². The van der Waals surface area contributed by atoms with Crippen molar-refractivity contribution in [1.29, 1.82) is 0 Å². The van der Waals surface area contributed by atoms with Crippen molar-refractivity contribution in [3.8, 4) is 0 Å². The molecule has 2 rings (SSSR count). The van der Waals surface area contributed by atoms with Crippen LogP contribution in [-0.4, -0.2) is 28.0 Å². The molecular weight excluding hydrogens is 226 g/mol. The maximum absolute atomic E-state index is 4.61. The van der Waals surface area contributed by atoms with Gasteiger partial charge in [0.25, 0.3) is 0 Å². The molecule has 0 spiro atoms. The highest BCUT2D eigenvalue weighted by Gasteiger charge is 2.09. The fourth-order valence-corrected chi connectivity index (χ4v) is 1.77. The lowest BCUT2D eigenvalue weighted by Gasteiger charge is -2.13. The molecule has 0 saturated heterocycles. The molecule has 2 aromatic rings. The van der Waals surface area contributed by atoms with E-state index < -0.39 is 0 Å². The lowest BCUT2D eigenvalue weighted by atomic mass is 10.2. The third-order valence-corrected chi connectivity index (χ3v) is 2.63. The van der Waals surface area contributed by atoms with E-state index in [1.807, 2.05) is 19.3 Å². The minimum Gasteiger partial charge on any atom is -0.366 e. The van der Waals surface area contributed by atoms with E-state index in [4.69, 9.17) is 0 Å². The quantitative estimate of drug-likeness (QED) is 0.866. The summed E-state index contributed by atoms with van der Waals surface area (Å²) in [6.45, 7) is 6.27. The summed E-state index contributed by atoms with van der Waals surface area (Å²) in [5.74, 6) is 1.44. The molecular formula is C13H19N5. The molecule has 5 nitrogen and oxygen atoms in total. The van der Waals surface area contributed by atoms with Crippen LogP contribution in [0, 0.1) is 0 Å². The van der Waals surface area contributed by atoms with E-state index in [0.29, 0.717) is 12.0 Å². The summed E-state index contributed by atoms with van der Waals surface area (Å²) in [4.78, 5) is 13.3. The second-order valence-electron chi connectivity index (χ2n) is 4.50. The maximum atomic E-state index is 4.61. The number of aromatic nitrogens is 3. The van der Waals surface area contributed by atoms with Crippen LogP contribution in [0.1, 0.15) is 26.5 Å². The Morgan fingerprint density at radius 3 is 2.67 bits per heavy atom. The molecule has 0 aliphatic carbocycles. The standard InChI is InChI=1S/C13H19N5/c1-5-10-6-9-7-15-13(14-4)18-11(9)12(17-10)16-8(2)3/h6-8H,5H2,1-4H3,(H,16,17)(H,14,15,18). The molecule has 2 aromatic heterocycles. The number of hydrogen-bond donors (Lipinski definition) is 2. The van der Waals surface area contributed by atoms with Gasteiger partial charge >= 0.3 is 0 Å². The Labute approximate surface area is 107 Å². The summed E-state index contributed by atoms with van der Waals surface area (Å²) < 4.78 is 0. The predicted octanol–water partition coefficient (Wildman–Crippen LogP) is 2.45. The third-order valence-electron chi connectivity index (χ3n) is 2.63. The molecule has 0 saturated carbocycles. The monoisotopic (exact) mass is 245 g/mol. The summed E-state index contributed by atoms with van der Waals surface area (Å²) in [5.41, 5.74) is 1.91. The molecule has 0 aliphatic heterocycles. The first-order valence-electron chi connectivity index (χ1n) is 6.25. The second-order valence-corrected chi connectivity index (χ2v) is 4.50. The van der Waals surface area contributed by atoms with Gasteiger partial charge in [0.2, 0.25) is 5.95 Å². The number of pyridine rings is 1. The summed E-state index contributed by atoms with van der Waals surface area (Å²) in [5, 5.41) is 7.31. The molecule has 0 aromatic carbocycles. The van der Waals surface area contributed by atoms with Crippen LogP contribution in [-0.2, 0) is 6.42 Å². The van der Waals surface area contributed by atoms with Gasteiger partial charge in [-0.3, -0.25) is 0 Å². The van der Waals surface area contributed by atoms with E-state index in [1.54, 1.807) is 0 Å². The number of hydrogen-bond acceptors (Lipinski definition) is 5. The number of anilines is 2. The Bertz CT molecular complexity index is 550. The fraction of sp³-hybridized carbons (Fsp3) is 0.462. The van der Waals surface area contributed by atoms with E-state index in [-0.39, 0.29) is 0 Å². The van der Waals surface area contributed by atoms with Crippen molar-refractivity contribution < 1.29 is 0 Å². The number of nitrogens with zero attached hydrogens (tertiary/aromatic N) is 3. The summed E-state index contributed by atoms with van der Waals surface area (Å²) in [6, 6.07) is 2.36. The van der Waals surface area contributed by atoms with Gasteiger partial charge in [0.05, 0.1) is 0 Å². The predicted molar refractivity (Wildman–Crippen MR) is 75.0 cm³/mol. The highest BCUT2D eigenvalue weighted by atomic mass is 15.1. The Morgan fingerprint density at radius 2 is 2.06 bits per heavy atom. The summed E-state index contributed by atoms with van der Waals surface area (Å²) in [6.07, 6.45) is 2.73. The summed E-state index contributed by atoms with van der Waals surface area (Å²) >= 11 is 0. The van der Waals surface area contributed by atoms with Gasteiger partial charge < -0.3 is 10.6 Å². The lowest BCUT2D eigenvalue weighted by molar-refractivity contribution is 0.884. The first kappa shape index (κ1) is 12.5. The van der Waals surface area contributed by atoms with Crippen LogP contribution in [0.15, 0.2) is 12.3 Å². The minimum absolute atomic E-state index is 0.320. The number of aryl methyl sites for hydroxylation is 1. The molecule has 2 heterocycles. The van der Waals surface area contributed by atoms with Crippen molar-refractivity contribution in [2.24, 2.45) is 0 Å². The van der Waals surface area contributed by atoms with Gasteiger partial charge in [0.15, 0.2) is 5.82 Å². The van der Waals surface area contributed by atoms with Crippen molar-refractivity contribution in [2.45, 2.75) is 33.2 Å². The van der Waals surface area contributed by atoms with Gasteiger partial charge in [-0.25, -0.2) is 15.0 Å². The zero-order valence-electron chi connectivity index (χ0n) is 11.3. The van der Waals surface area contributed by atoms with E-state index in [1.165, 1.54) is 0 Å². The molecule has 2 N–H and O–H groups in total. The molecule has 0 amide bonds. The van der Waals surface area contributed by atoms with E-state index in [0.717, 1.165) is 28.8 Å². The van der Waals surface area contributed by atoms with Crippen molar-refractivity contribution in [3.63, 3.8) is 0 Å². The molecule has 0 fully saturated rings. The van der Waals surface area contributed by atoms with Crippen molar-refractivity contribution in [1.82, 2.24) is 15.0 Å². The van der Waals surface area contributed by atoms with Crippen LogP contribution < -0.4 is 10.6 Å². The Hall–Kier alpha value is -1.91. The molecule has 96 valence electrons. The zero-order chi connectivity index (χ0) is 13.1. The molecule has 5 heteroatoms. The average molecular weight is 245 g/mol. The number of nitrogens with one attached hydrogen (secondary N) is 2. The second kappa shape index (κ2) is 5.16. The topological polar surface area (TPSA) is 62.7 Å². The SMILES string of the molecule is CCc1cc2cnc(NC)nc2c(NC(C)C)n1. The van der Waals surface area contributed by atoms with Crippen LogP contribution in [0.3, 0.4) is 0 Å². The van der Waals surface area contributed by atoms with Gasteiger partial charge in [-0.1, -0.05) is 6.92 Å². The first-order chi connectivity index (χ1) is 8.63. The smallest absolute Gasteiger partial charge is 0.223 e. The van der Waals surface area contributed by atoms with Crippen LogP contribution >= 0.6 is 0 Å². The highest BCUT2D eigenvalue weighted by Crippen LogP contribution is 2.22. The van der Waals surface area contributed by atoms with Crippen LogP contribution in [0.25, 0.3) is 10.9 Å². The molecule has 18 heavy (non-hydrogen) atoms. The van der Waals surface area contributed by atoms with E-state index in [2.05, 4.69) is 46.4 Å². The summed E-state index contributed by atoms with van der Waals surface area (Å²) in [7, 11) is 1.81. The number of rotatable bonds is 4. The fourth-order valence-electron chi connectivity index (χ4n) is 1.77. The lowest BCUT2D eigenvalue weighted by Crippen LogP contribution is -2.13. The van der Waals surface area contributed by atoms with Crippen LogP contribution in [0.4, 0.5) is 11.8 Å². The Kier molecular flexibility index (Phi) is 3.60. The van der Waals surface area contributed by atoms with Gasteiger partial charge in [0.1, 0.15) is 5.52 Å². The van der Waals surface area contributed by atoms with Gasteiger partial charge in [-0.05, 0) is 26.3 Å².